The minimum Gasteiger partial charge on any atom is -0.494 e. The van der Waals surface area contributed by atoms with E-state index in [-0.39, 0.29) is 18.5 Å². The molecule has 0 aliphatic carbocycles. The third-order valence-electron chi connectivity index (χ3n) is 4.64. The van der Waals surface area contributed by atoms with Crippen molar-refractivity contribution >= 4 is 18.3 Å². The molecule has 0 aromatic heterocycles. The van der Waals surface area contributed by atoms with E-state index in [0.717, 1.165) is 23.3 Å². The van der Waals surface area contributed by atoms with Crippen LogP contribution >= 0.6 is 11.9 Å². The smallest absolute Gasteiger partial charge is 0.293 e. The normalized spacial score (nSPS) is 12.3. The maximum Gasteiger partial charge on any atom is 0.293 e. The zero-order chi connectivity index (χ0) is 21.1. The van der Waals surface area contributed by atoms with Gasteiger partial charge in [-0.25, -0.2) is 4.39 Å². The van der Waals surface area contributed by atoms with Crippen molar-refractivity contribution in [2.24, 2.45) is 0 Å². The van der Waals surface area contributed by atoms with Gasteiger partial charge in [-0.3, -0.25) is 9.08 Å². The van der Waals surface area contributed by atoms with Gasteiger partial charge in [-0.1, -0.05) is 38.1 Å². The van der Waals surface area contributed by atoms with Crippen LogP contribution in [-0.2, 0) is 19.2 Å². The Hall–Kier alpha value is -2.31. The molecule has 7 heteroatoms. The number of alkyl halides is 1. The molecule has 0 amide bonds. The molecule has 2 aromatic carbocycles. The molecule has 0 heterocycles. The number of hydrogen-bond donors (Lipinski definition) is 0. The molecular weight excluding hydrogens is 399 g/mol. The molecule has 0 fully saturated rings. The van der Waals surface area contributed by atoms with Crippen LogP contribution in [0.2, 0.25) is 0 Å². The number of halogens is 2. The minimum absolute atomic E-state index is 0.0313. The van der Waals surface area contributed by atoms with Gasteiger partial charge in [-0.15, -0.1) is 0 Å². The molecule has 1 atom stereocenters. The Morgan fingerprint density at radius 3 is 2.00 bits per heavy atom. The van der Waals surface area contributed by atoms with E-state index in [2.05, 4.69) is 22.9 Å². The summed E-state index contributed by atoms with van der Waals surface area (Å²) in [6.07, 6.45) is -0.176. The van der Waals surface area contributed by atoms with E-state index >= 15 is 0 Å². The van der Waals surface area contributed by atoms with E-state index in [0.29, 0.717) is 19.0 Å². The van der Waals surface area contributed by atoms with E-state index < -0.39 is 12.8 Å². The number of benzene rings is 2. The summed E-state index contributed by atoms with van der Waals surface area (Å²) in [4.78, 5) is 10.3. The summed E-state index contributed by atoms with van der Waals surface area (Å²) in [5.74, 6) is 1.38. The SMILES string of the molecule is CC(C)(c1ccc(OCCCOCl)cc1)c1ccc(OCC(CF)OC=O)cc1. The first-order valence-corrected chi connectivity index (χ1v) is 9.67. The van der Waals surface area contributed by atoms with Crippen LogP contribution < -0.4 is 9.47 Å². The lowest BCUT2D eigenvalue weighted by Gasteiger charge is -2.26. The summed E-state index contributed by atoms with van der Waals surface area (Å²) >= 11 is 5.18. The van der Waals surface area contributed by atoms with Gasteiger partial charge >= 0.3 is 0 Å². The second kappa shape index (κ2) is 11.6. The lowest BCUT2D eigenvalue weighted by atomic mass is 9.78. The summed E-state index contributed by atoms with van der Waals surface area (Å²) in [5.41, 5.74) is 2.01. The highest BCUT2D eigenvalue weighted by Gasteiger charge is 2.23. The first-order valence-electron chi connectivity index (χ1n) is 9.36. The molecule has 0 saturated heterocycles. The molecule has 0 aliphatic heterocycles. The monoisotopic (exact) mass is 424 g/mol. The minimum atomic E-state index is -0.896. The second-order valence-corrected chi connectivity index (χ2v) is 7.23. The predicted molar refractivity (Wildman–Crippen MR) is 109 cm³/mol. The van der Waals surface area contributed by atoms with Crippen molar-refractivity contribution in [3.8, 4) is 11.5 Å². The summed E-state index contributed by atoms with van der Waals surface area (Å²) in [7, 11) is 0. The fraction of sp³-hybridized carbons (Fsp3) is 0.409. The van der Waals surface area contributed by atoms with Gasteiger partial charge in [0, 0.05) is 11.8 Å². The van der Waals surface area contributed by atoms with Crippen molar-refractivity contribution in [1.82, 2.24) is 0 Å². The van der Waals surface area contributed by atoms with Gasteiger partial charge in [-0.2, -0.15) is 0 Å². The third-order valence-corrected chi connectivity index (χ3v) is 4.80. The quantitative estimate of drug-likeness (QED) is 0.340. The molecule has 0 bridgehead atoms. The first-order chi connectivity index (χ1) is 14.0. The highest BCUT2D eigenvalue weighted by atomic mass is 35.5. The summed E-state index contributed by atoms with van der Waals surface area (Å²) in [6.45, 7) is 4.66. The Balaban J connectivity index is 1.98. The molecule has 0 N–H and O–H groups in total. The Labute approximate surface area is 175 Å². The predicted octanol–water partition coefficient (Wildman–Crippen LogP) is 4.84. The van der Waals surface area contributed by atoms with Crippen molar-refractivity contribution in [2.75, 3.05) is 26.5 Å². The molecule has 0 spiro atoms. The number of carbonyl (C=O) groups excluding carboxylic acids is 1. The van der Waals surface area contributed by atoms with Crippen LogP contribution in [0.1, 0.15) is 31.4 Å². The largest absolute Gasteiger partial charge is 0.494 e. The molecule has 29 heavy (non-hydrogen) atoms. The molecule has 158 valence electrons. The van der Waals surface area contributed by atoms with Crippen LogP contribution in [0.3, 0.4) is 0 Å². The fourth-order valence-electron chi connectivity index (χ4n) is 2.79. The number of rotatable bonds is 13. The van der Waals surface area contributed by atoms with E-state index in [1.165, 1.54) is 0 Å². The Bertz CT molecular complexity index is 734. The van der Waals surface area contributed by atoms with Crippen LogP contribution in [0, 0.1) is 0 Å². The highest BCUT2D eigenvalue weighted by Crippen LogP contribution is 2.33. The lowest BCUT2D eigenvalue weighted by molar-refractivity contribution is -0.135. The molecule has 0 aliphatic rings. The second-order valence-electron chi connectivity index (χ2n) is 7.01. The Morgan fingerprint density at radius 2 is 1.52 bits per heavy atom. The topological polar surface area (TPSA) is 54.0 Å². The van der Waals surface area contributed by atoms with Crippen LogP contribution in [0.25, 0.3) is 0 Å². The average molecular weight is 425 g/mol. The van der Waals surface area contributed by atoms with Crippen LogP contribution in [-0.4, -0.2) is 39.1 Å². The zero-order valence-corrected chi connectivity index (χ0v) is 17.4. The average Bonchev–Trinajstić information content (AvgIpc) is 2.75. The third kappa shape index (κ3) is 6.91. The van der Waals surface area contributed by atoms with Gasteiger partial charge in [-0.05, 0) is 35.4 Å². The molecule has 2 rings (SSSR count). The molecular formula is C22H26ClFO5. The highest BCUT2D eigenvalue weighted by molar-refractivity contribution is 6.07. The summed E-state index contributed by atoms with van der Waals surface area (Å²) in [5, 5.41) is 0. The van der Waals surface area contributed by atoms with Gasteiger partial charge in [0.1, 0.15) is 24.8 Å². The molecule has 2 aromatic rings. The van der Waals surface area contributed by atoms with Gasteiger partial charge in [0.2, 0.25) is 0 Å². The van der Waals surface area contributed by atoms with Crippen molar-refractivity contribution in [3.63, 3.8) is 0 Å². The summed E-state index contributed by atoms with van der Waals surface area (Å²) in [6, 6.07) is 15.6. The molecule has 1 unspecified atom stereocenters. The number of carbonyl (C=O) groups is 1. The fourth-order valence-corrected chi connectivity index (χ4v) is 2.90. The van der Waals surface area contributed by atoms with Gasteiger partial charge in [0.25, 0.3) is 6.47 Å². The maximum atomic E-state index is 12.7. The number of hydrogen-bond acceptors (Lipinski definition) is 5. The first kappa shape index (κ1) is 23.0. The molecule has 0 radical (unpaired) electrons. The van der Waals surface area contributed by atoms with Gasteiger partial charge < -0.3 is 14.2 Å². The van der Waals surface area contributed by atoms with E-state index in [4.69, 9.17) is 21.3 Å². The Kier molecular flexibility index (Phi) is 9.22. The Morgan fingerprint density at radius 1 is 0.966 bits per heavy atom. The summed E-state index contributed by atoms with van der Waals surface area (Å²) < 4.78 is 32.9. The van der Waals surface area contributed by atoms with Crippen LogP contribution in [0.15, 0.2) is 48.5 Å². The van der Waals surface area contributed by atoms with Crippen LogP contribution in [0.5, 0.6) is 11.5 Å². The van der Waals surface area contributed by atoms with Crippen molar-refractivity contribution < 1.29 is 27.7 Å². The molecule has 0 saturated carbocycles. The van der Waals surface area contributed by atoms with Crippen molar-refractivity contribution in [3.05, 3.63) is 59.7 Å². The number of ether oxygens (including phenoxy) is 3. The van der Waals surface area contributed by atoms with E-state index in [1.807, 2.05) is 48.5 Å². The van der Waals surface area contributed by atoms with Gasteiger partial charge in [0.15, 0.2) is 6.10 Å². The maximum absolute atomic E-state index is 12.7. The van der Waals surface area contributed by atoms with E-state index in [9.17, 15) is 9.18 Å². The van der Waals surface area contributed by atoms with Gasteiger partial charge in [0.05, 0.1) is 25.1 Å². The standard InChI is InChI=1S/C22H26ClFO5/c1-22(2,17-4-8-19(9-5-17)26-12-3-13-29-23)18-6-10-20(11-7-18)27-15-21(14-24)28-16-25/h4-11,16,21H,3,12-15H2,1-2H3. The molecule has 5 nitrogen and oxygen atoms in total. The van der Waals surface area contributed by atoms with Crippen molar-refractivity contribution in [2.45, 2.75) is 31.8 Å². The lowest BCUT2D eigenvalue weighted by Crippen LogP contribution is -2.23. The van der Waals surface area contributed by atoms with Crippen LogP contribution in [0.4, 0.5) is 4.39 Å². The zero-order valence-electron chi connectivity index (χ0n) is 16.6. The van der Waals surface area contributed by atoms with E-state index in [1.54, 1.807) is 0 Å². The van der Waals surface area contributed by atoms with Crippen molar-refractivity contribution in [1.29, 1.82) is 0 Å².